The van der Waals surface area contributed by atoms with Crippen molar-refractivity contribution in [2.75, 3.05) is 0 Å². The van der Waals surface area contributed by atoms with Crippen molar-refractivity contribution in [3.8, 4) is 11.3 Å². The first-order chi connectivity index (χ1) is 4.97. The maximum atomic E-state index is 4.14. The van der Waals surface area contributed by atoms with Gasteiger partial charge in [-0.05, 0) is 6.07 Å². The summed E-state index contributed by atoms with van der Waals surface area (Å²) in [5.41, 5.74) is 2.09. The zero-order chi connectivity index (χ0) is 6.81. The third kappa shape index (κ3) is 1.46. The molecule has 0 atom stereocenters. The first-order valence-electron chi connectivity index (χ1n) is 3.11. The number of hydrogen-bond acceptors (Lipinski definition) is 2. The SMILES string of the molecule is Cl.c1cc2cnccnc-2c1. The Balaban J connectivity index is 0.000000605. The predicted molar refractivity (Wildman–Crippen MR) is 45.9 cm³/mol. The van der Waals surface area contributed by atoms with Crippen molar-refractivity contribution in [3.05, 3.63) is 36.8 Å². The van der Waals surface area contributed by atoms with Gasteiger partial charge in [-0.1, -0.05) is 12.1 Å². The maximum absolute atomic E-state index is 4.14. The van der Waals surface area contributed by atoms with Crippen molar-refractivity contribution in [3.63, 3.8) is 0 Å². The minimum atomic E-state index is 0. The van der Waals surface area contributed by atoms with Crippen molar-refractivity contribution in [1.29, 1.82) is 0 Å². The Morgan fingerprint density at radius 2 is 2.00 bits per heavy atom. The summed E-state index contributed by atoms with van der Waals surface area (Å²) >= 11 is 0. The summed E-state index contributed by atoms with van der Waals surface area (Å²) in [6.07, 6.45) is 5.19. The summed E-state index contributed by atoms with van der Waals surface area (Å²) in [6.45, 7) is 0. The zero-order valence-corrected chi connectivity index (χ0v) is 6.58. The molecule has 0 aromatic heterocycles. The molecule has 11 heavy (non-hydrogen) atoms. The molecule has 3 heteroatoms. The van der Waals surface area contributed by atoms with Crippen LogP contribution in [0.15, 0.2) is 36.8 Å². The van der Waals surface area contributed by atoms with E-state index in [4.69, 9.17) is 0 Å². The Morgan fingerprint density at radius 3 is 2.91 bits per heavy atom. The van der Waals surface area contributed by atoms with Crippen LogP contribution in [-0.2, 0) is 0 Å². The maximum Gasteiger partial charge on any atom is 0.0718 e. The quantitative estimate of drug-likeness (QED) is 0.598. The Kier molecular flexibility index (Phi) is 2.39. The van der Waals surface area contributed by atoms with Gasteiger partial charge in [0.05, 0.1) is 5.69 Å². The second-order valence-corrected chi connectivity index (χ2v) is 2.07. The number of nitrogens with zero attached hydrogens (tertiary/aromatic N) is 2. The van der Waals surface area contributed by atoms with Gasteiger partial charge < -0.3 is 0 Å². The van der Waals surface area contributed by atoms with E-state index >= 15 is 0 Å². The van der Waals surface area contributed by atoms with Gasteiger partial charge in [0.25, 0.3) is 0 Å². The molecule has 0 aromatic carbocycles. The predicted octanol–water partition coefficient (Wildman–Crippen LogP) is 2.00. The van der Waals surface area contributed by atoms with Crippen LogP contribution in [-0.4, -0.2) is 9.97 Å². The van der Waals surface area contributed by atoms with Gasteiger partial charge in [0.1, 0.15) is 0 Å². The van der Waals surface area contributed by atoms with Crippen LogP contribution in [0.3, 0.4) is 0 Å². The molecule has 0 spiro atoms. The third-order valence-electron chi connectivity index (χ3n) is 1.41. The van der Waals surface area contributed by atoms with Crippen molar-refractivity contribution >= 4 is 12.4 Å². The first-order valence-corrected chi connectivity index (χ1v) is 3.11. The highest BCUT2D eigenvalue weighted by Gasteiger charge is 1.97. The normalized spacial score (nSPS) is 9.09. The van der Waals surface area contributed by atoms with Crippen LogP contribution in [0.4, 0.5) is 0 Å². The molecule has 1 aliphatic carbocycles. The monoisotopic (exact) mass is 166 g/mol. The van der Waals surface area contributed by atoms with Crippen molar-refractivity contribution in [1.82, 2.24) is 9.97 Å². The second-order valence-electron chi connectivity index (χ2n) is 2.07. The summed E-state index contributed by atoms with van der Waals surface area (Å²) in [5, 5.41) is 0. The highest BCUT2D eigenvalue weighted by molar-refractivity contribution is 5.85. The van der Waals surface area contributed by atoms with Crippen LogP contribution >= 0.6 is 12.4 Å². The number of aromatic nitrogens is 2. The molecule has 1 heterocycles. The van der Waals surface area contributed by atoms with E-state index < -0.39 is 0 Å². The Labute approximate surface area is 71.1 Å². The smallest absolute Gasteiger partial charge is 0.0718 e. The zero-order valence-electron chi connectivity index (χ0n) is 5.77. The van der Waals surface area contributed by atoms with Crippen molar-refractivity contribution < 1.29 is 0 Å². The standard InChI is InChI=1S/C8H6N2.ClH/c1-2-7-6-9-4-5-10-8(7)3-1;/h1-6H;1H. The molecule has 0 unspecified atom stereocenters. The van der Waals surface area contributed by atoms with E-state index in [1.807, 2.05) is 24.4 Å². The fourth-order valence-corrected chi connectivity index (χ4v) is 0.927. The van der Waals surface area contributed by atoms with Gasteiger partial charge in [-0.25, -0.2) is 0 Å². The lowest BCUT2D eigenvalue weighted by Gasteiger charge is -1.83. The Bertz CT molecular complexity index is 283. The van der Waals surface area contributed by atoms with Crippen LogP contribution in [0.5, 0.6) is 0 Å². The summed E-state index contributed by atoms with van der Waals surface area (Å²) in [4.78, 5) is 8.13. The molecule has 0 amide bonds. The Hall–Kier alpha value is -1.15. The molecule has 0 aromatic rings. The molecule has 1 aliphatic heterocycles. The molecular formula is C8H7ClN2. The number of rotatable bonds is 0. The molecule has 0 saturated carbocycles. The van der Waals surface area contributed by atoms with Crippen LogP contribution in [0.1, 0.15) is 0 Å². The van der Waals surface area contributed by atoms with E-state index in [0.717, 1.165) is 11.3 Å². The van der Waals surface area contributed by atoms with Crippen molar-refractivity contribution in [2.45, 2.75) is 0 Å². The first kappa shape index (κ1) is 7.95. The van der Waals surface area contributed by atoms with Gasteiger partial charge in [-0.3, -0.25) is 9.97 Å². The number of hydrogen-bond donors (Lipinski definition) is 0. The second kappa shape index (κ2) is 3.30. The molecule has 0 radical (unpaired) electrons. The lowest BCUT2D eigenvalue weighted by atomic mass is 10.3. The molecular weight excluding hydrogens is 160 g/mol. The van der Waals surface area contributed by atoms with E-state index in [-0.39, 0.29) is 12.4 Å². The molecule has 2 nitrogen and oxygen atoms in total. The fourth-order valence-electron chi connectivity index (χ4n) is 0.927. The van der Waals surface area contributed by atoms with Crippen LogP contribution in [0.2, 0.25) is 0 Å². The van der Waals surface area contributed by atoms with E-state index in [1.54, 1.807) is 12.4 Å². The minimum absolute atomic E-state index is 0. The average Bonchev–Trinajstić information content (AvgIpc) is 2.28. The fraction of sp³-hybridized carbons (Fsp3) is 0. The lowest BCUT2D eigenvalue weighted by molar-refractivity contribution is 1.33. The van der Waals surface area contributed by atoms with Crippen LogP contribution < -0.4 is 0 Å². The van der Waals surface area contributed by atoms with E-state index in [0.29, 0.717) is 0 Å². The largest absolute Gasteiger partial charge is 0.262 e. The summed E-state index contributed by atoms with van der Waals surface area (Å²) < 4.78 is 0. The van der Waals surface area contributed by atoms with Gasteiger partial charge in [-0.15, -0.1) is 12.4 Å². The van der Waals surface area contributed by atoms with Crippen molar-refractivity contribution in [2.24, 2.45) is 0 Å². The van der Waals surface area contributed by atoms with Gasteiger partial charge in [0.2, 0.25) is 0 Å². The van der Waals surface area contributed by atoms with Gasteiger partial charge in [0.15, 0.2) is 0 Å². The van der Waals surface area contributed by atoms with Gasteiger partial charge in [0, 0.05) is 24.2 Å². The van der Waals surface area contributed by atoms with Crippen LogP contribution in [0, 0.1) is 0 Å². The highest BCUT2D eigenvalue weighted by Crippen LogP contribution is 2.16. The van der Waals surface area contributed by atoms with Gasteiger partial charge >= 0.3 is 0 Å². The summed E-state index contributed by atoms with van der Waals surface area (Å²) in [7, 11) is 0. The Morgan fingerprint density at radius 1 is 1.09 bits per heavy atom. The molecule has 0 saturated heterocycles. The lowest BCUT2D eigenvalue weighted by Crippen LogP contribution is -1.68. The topological polar surface area (TPSA) is 25.8 Å². The molecule has 0 fully saturated rings. The number of halogens is 1. The molecule has 2 rings (SSSR count). The molecule has 0 N–H and O–H groups in total. The van der Waals surface area contributed by atoms with E-state index in [9.17, 15) is 0 Å². The molecule has 0 bridgehead atoms. The van der Waals surface area contributed by atoms with Crippen LogP contribution in [0.25, 0.3) is 11.3 Å². The molecule has 2 aliphatic rings. The summed E-state index contributed by atoms with van der Waals surface area (Å²) in [6, 6.07) is 5.94. The van der Waals surface area contributed by atoms with E-state index in [2.05, 4.69) is 9.97 Å². The minimum Gasteiger partial charge on any atom is -0.262 e. The van der Waals surface area contributed by atoms with E-state index in [1.165, 1.54) is 0 Å². The number of fused-ring (bicyclic) bond motifs is 1. The van der Waals surface area contributed by atoms with Gasteiger partial charge in [-0.2, -0.15) is 0 Å². The summed E-state index contributed by atoms with van der Waals surface area (Å²) in [5.74, 6) is 0. The molecule has 56 valence electrons. The highest BCUT2D eigenvalue weighted by atomic mass is 35.5. The third-order valence-corrected chi connectivity index (χ3v) is 1.41. The average molecular weight is 167 g/mol.